The minimum absolute atomic E-state index is 0.00223. The number of amides is 2. The summed E-state index contributed by atoms with van der Waals surface area (Å²) < 4.78 is 44.7. The standard InChI is InChI=1S/C47H66B2N12O16/c1-9-74-46(2,3)44(66)72-28-70-42(64)32-16-10-14-30-24-34(48(68)76-40(30)32)50-38(62)26-36-52-56-61(54-36)22-21-59(8)19-13-23-75-47(4,5)45(67)73-29-71-43(65)33-17-11-15-31-25-35(49(69)77-41(31)33)51-39(63)27-37-53-55-57-60(37)20-12-18-58(6)7/h10-11,14-17,34-35,68-69H,9,12-13,18-29H2,1-8H3,(H,50,62)(H,51,63)/t34-,35-/m0/s1. The summed E-state index contributed by atoms with van der Waals surface area (Å²) in [5.41, 5.74) is -1.57. The molecule has 0 unspecified atom stereocenters. The Bertz CT molecular complexity index is 2690. The highest BCUT2D eigenvalue weighted by molar-refractivity contribution is 6.47. The number of fused-ring (bicyclic) bond motifs is 2. The smallest absolute Gasteiger partial charge is 0.534 e. The molecule has 0 radical (unpaired) electrons. The van der Waals surface area contributed by atoms with Gasteiger partial charge in [0.1, 0.15) is 22.6 Å². The number of carbonyl (C=O) groups is 6. The molecule has 2 amide bonds. The van der Waals surface area contributed by atoms with E-state index in [1.807, 2.05) is 30.9 Å². The van der Waals surface area contributed by atoms with Crippen molar-refractivity contribution in [3.8, 4) is 11.5 Å². The van der Waals surface area contributed by atoms with Crippen molar-refractivity contribution in [2.24, 2.45) is 0 Å². The normalized spacial score (nSPS) is 15.2. The van der Waals surface area contributed by atoms with Gasteiger partial charge in [0.2, 0.25) is 25.4 Å². The zero-order chi connectivity index (χ0) is 55.9. The summed E-state index contributed by atoms with van der Waals surface area (Å²) in [7, 11) is 2.79. The quantitative estimate of drug-likeness (QED) is 0.0228. The number of benzene rings is 2. The van der Waals surface area contributed by atoms with Gasteiger partial charge in [0.15, 0.2) is 22.9 Å². The lowest BCUT2D eigenvalue weighted by molar-refractivity contribution is -0.177. The van der Waals surface area contributed by atoms with Crippen molar-refractivity contribution < 1.29 is 76.5 Å². The lowest BCUT2D eigenvalue weighted by Crippen LogP contribution is -2.53. The van der Waals surface area contributed by atoms with Gasteiger partial charge in [-0.2, -0.15) is 4.80 Å². The Morgan fingerprint density at radius 1 is 0.714 bits per heavy atom. The zero-order valence-electron chi connectivity index (χ0n) is 44.5. The molecule has 0 saturated carbocycles. The van der Waals surface area contributed by atoms with E-state index in [-0.39, 0.29) is 67.3 Å². The molecular weight excluding hydrogens is 1010 g/mol. The molecular formula is C47H66B2N12O16. The number of tetrazole rings is 2. The Morgan fingerprint density at radius 2 is 1.27 bits per heavy atom. The number of rotatable bonds is 28. The van der Waals surface area contributed by atoms with Crippen LogP contribution >= 0.6 is 0 Å². The fraction of sp³-hybridized carbons (Fsp3) is 0.574. The number of esters is 4. The zero-order valence-corrected chi connectivity index (χ0v) is 44.5. The fourth-order valence-corrected chi connectivity index (χ4v) is 8.01. The van der Waals surface area contributed by atoms with Crippen molar-refractivity contribution in [3.05, 3.63) is 70.3 Å². The first-order chi connectivity index (χ1) is 36.6. The molecule has 0 fully saturated rings. The van der Waals surface area contributed by atoms with Crippen molar-refractivity contribution in [3.63, 3.8) is 0 Å². The minimum atomic E-state index is -1.51. The van der Waals surface area contributed by atoms with Crippen molar-refractivity contribution in [2.75, 3.05) is 67.6 Å². The first kappa shape index (κ1) is 59.1. The maximum Gasteiger partial charge on any atom is 0.547 e. The third-order valence-electron chi connectivity index (χ3n) is 12.2. The van der Waals surface area contributed by atoms with Crippen molar-refractivity contribution in [1.82, 2.24) is 60.8 Å². The molecule has 30 heteroatoms. The monoisotopic (exact) mass is 1080 g/mol. The molecule has 2 aliphatic rings. The van der Waals surface area contributed by atoms with Crippen LogP contribution < -0.4 is 19.9 Å². The predicted molar refractivity (Wildman–Crippen MR) is 268 cm³/mol. The van der Waals surface area contributed by atoms with Crippen molar-refractivity contribution in [2.45, 2.75) is 109 Å². The molecule has 77 heavy (non-hydrogen) atoms. The number of aromatic nitrogens is 8. The van der Waals surface area contributed by atoms with Crippen molar-refractivity contribution >= 4 is 49.9 Å². The van der Waals surface area contributed by atoms with E-state index >= 15 is 0 Å². The van der Waals surface area contributed by atoms with E-state index in [2.05, 4.69) is 41.6 Å². The molecule has 2 aromatic carbocycles. The van der Waals surface area contributed by atoms with E-state index in [4.69, 9.17) is 37.7 Å². The van der Waals surface area contributed by atoms with Gasteiger partial charge < -0.3 is 68.2 Å². The first-order valence-corrected chi connectivity index (χ1v) is 25.0. The Kier molecular flexibility index (Phi) is 21.0. The second-order valence-electron chi connectivity index (χ2n) is 19.4. The van der Waals surface area contributed by atoms with Crippen LogP contribution in [0.25, 0.3) is 0 Å². The second kappa shape index (κ2) is 27.3. The molecule has 0 aliphatic carbocycles. The number of hydrogen-bond acceptors (Lipinski definition) is 24. The summed E-state index contributed by atoms with van der Waals surface area (Å²) in [5, 5.41) is 51.0. The van der Waals surface area contributed by atoms with E-state index in [9.17, 15) is 38.8 Å². The van der Waals surface area contributed by atoms with E-state index in [0.717, 1.165) is 13.0 Å². The molecule has 4 N–H and O–H groups in total. The fourth-order valence-electron chi connectivity index (χ4n) is 8.01. The van der Waals surface area contributed by atoms with Gasteiger partial charge >= 0.3 is 38.1 Å². The number of ether oxygens (including phenoxy) is 6. The second-order valence-corrected chi connectivity index (χ2v) is 19.4. The number of hydrogen-bond donors (Lipinski definition) is 4. The van der Waals surface area contributed by atoms with Crippen LogP contribution in [0.4, 0.5) is 0 Å². The number of nitrogens with zero attached hydrogens (tertiary/aromatic N) is 10. The summed E-state index contributed by atoms with van der Waals surface area (Å²) in [6.07, 6.45) is 1.23. The van der Waals surface area contributed by atoms with Gasteiger partial charge in [0.05, 0.1) is 31.3 Å². The van der Waals surface area contributed by atoms with Gasteiger partial charge in [-0.25, -0.2) is 23.9 Å². The molecule has 4 aromatic rings. The largest absolute Gasteiger partial charge is 0.547 e. The van der Waals surface area contributed by atoms with Crippen LogP contribution in [0.15, 0.2) is 36.4 Å². The maximum atomic E-state index is 13.1. The highest BCUT2D eigenvalue weighted by Crippen LogP contribution is 2.32. The molecule has 2 aromatic heterocycles. The predicted octanol–water partition coefficient (Wildman–Crippen LogP) is -1.08. The van der Waals surface area contributed by atoms with Gasteiger partial charge in [0, 0.05) is 32.8 Å². The van der Waals surface area contributed by atoms with Crippen molar-refractivity contribution in [1.29, 1.82) is 0 Å². The van der Waals surface area contributed by atoms with Crippen LogP contribution in [0.5, 0.6) is 11.5 Å². The molecule has 4 heterocycles. The third kappa shape index (κ3) is 16.9. The average Bonchev–Trinajstić information content (AvgIpc) is 4.03. The average molecular weight is 1080 g/mol. The third-order valence-corrected chi connectivity index (χ3v) is 12.2. The van der Waals surface area contributed by atoms with Crippen LogP contribution in [0.1, 0.15) is 91.0 Å². The molecule has 2 atom stereocenters. The molecule has 0 spiro atoms. The summed E-state index contributed by atoms with van der Waals surface area (Å²) in [4.78, 5) is 82.5. The highest BCUT2D eigenvalue weighted by atomic mass is 16.7. The van der Waals surface area contributed by atoms with Gasteiger partial charge in [-0.15, -0.1) is 15.3 Å². The highest BCUT2D eigenvalue weighted by Gasteiger charge is 2.40. The van der Waals surface area contributed by atoms with E-state index in [1.54, 1.807) is 35.9 Å². The number of aryl methyl sites for hydroxylation is 1. The molecule has 2 aliphatic heterocycles. The first-order valence-electron chi connectivity index (χ1n) is 25.0. The molecule has 0 saturated heterocycles. The maximum absolute atomic E-state index is 13.1. The summed E-state index contributed by atoms with van der Waals surface area (Å²) in [6, 6.07) is 9.44. The van der Waals surface area contributed by atoms with E-state index in [1.165, 1.54) is 44.6 Å². The Labute approximate surface area is 444 Å². The molecule has 0 bridgehead atoms. The van der Waals surface area contributed by atoms with E-state index in [0.29, 0.717) is 49.6 Å². The Morgan fingerprint density at radius 3 is 1.83 bits per heavy atom. The lowest BCUT2D eigenvalue weighted by Gasteiger charge is -2.29. The molecule has 6 rings (SSSR count). The van der Waals surface area contributed by atoms with Gasteiger partial charge in [0.25, 0.3) is 0 Å². The Balaban J connectivity index is 0.852. The van der Waals surface area contributed by atoms with Crippen LogP contribution in [0.2, 0.25) is 0 Å². The topological polar surface area (TPSA) is 334 Å². The number of para-hydroxylation sites is 2. The Hall–Kier alpha value is -7.11. The molecule has 28 nitrogen and oxygen atoms in total. The lowest BCUT2D eigenvalue weighted by atomic mass is 9.72. The summed E-state index contributed by atoms with van der Waals surface area (Å²) >= 11 is 0. The summed E-state index contributed by atoms with van der Waals surface area (Å²) in [6.45, 7) is 9.69. The minimum Gasteiger partial charge on any atom is -0.534 e. The summed E-state index contributed by atoms with van der Waals surface area (Å²) in [5.74, 6) is -5.15. The van der Waals surface area contributed by atoms with Crippen LogP contribution in [0.3, 0.4) is 0 Å². The number of carbonyl (C=O) groups excluding carboxylic acids is 6. The molecule has 416 valence electrons. The SMILES string of the molecule is CCOC(C)(C)C(=O)OCOC(=O)c1cccc2c1OB(O)[C@@H](NC(=O)Cc1nnn(CCN(C)CCCOC(C)(C)C(=O)OCOC(=O)c3cccc4c3OB(O)[C@@H](NC(=O)Cc3nnnn3CCCN(C)C)C4)n1)C2. The van der Waals surface area contributed by atoms with Crippen LogP contribution in [-0.4, -0.2) is 201 Å². The van der Waals surface area contributed by atoms with Gasteiger partial charge in [-0.3, -0.25) is 9.59 Å². The van der Waals surface area contributed by atoms with Crippen LogP contribution in [0, 0.1) is 0 Å². The van der Waals surface area contributed by atoms with Crippen LogP contribution in [-0.2, 0) is 86.4 Å². The number of nitrogens with one attached hydrogen (secondary N) is 2. The van der Waals surface area contributed by atoms with Gasteiger partial charge in [-0.05, 0) is 127 Å². The van der Waals surface area contributed by atoms with Gasteiger partial charge in [-0.1, -0.05) is 24.3 Å². The van der Waals surface area contributed by atoms with E-state index < -0.39 is 86.6 Å². The number of likely N-dealkylation sites (N-methyl/N-ethyl adjacent to an activating group) is 1.